The predicted molar refractivity (Wildman–Crippen MR) is 176 cm³/mol. The van der Waals surface area contributed by atoms with Gasteiger partial charge in [-0.15, -0.1) is 0 Å². The molecule has 0 radical (unpaired) electrons. The van der Waals surface area contributed by atoms with Crippen LogP contribution in [0.5, 0.6) is 0 Å². The molecule has 0 aromatic heterocycles. The summed E-state index contributed by atoms with van der Waals surface area (Å²) in [6, 6.07) is 29.8. The molecule has 0 aliphatic carbocycles. The van der Waals surface area contributed by atoms with E-state index >= 15 is 0 Å². The van der Waals surface area contributed by atoms with Crippen molar-refractivity contribution in [2.75, 3.05) is 6.67 Å². The molecule has 0 saturated carbocycles. The SMILES string of the molecule is CC(C)(C)OC(=O)N1CN(Cc2ccccc2)C(=O)C1[C@@H](O)[C@H](Cc1cc(F)cc(F)c1)N(Cc1ccccc1)Cc1ccccc1. The molecule has 5 rings (SSSR count). The van der Waals surface area contributed by atoms with E-state index in [0.29, 0.717) is 18.7 Å². The first-order chi connectivity index (χ1) is 22.5. The lowest BCUT2D eigenvalue weighted by atomic mass is 9.93. The number of benzene rings is 4. The predicted octanol–water partition coefficient (Wildman–Crippen LogP) is 6.54. The molecule has 1 saturated heterocycles. The van der Waals surface area contributed by atoms with Crippen molar-refractivity contribution in [3.05, 3.63) is 143 Å². The fourth-order valence-corrected chi connectivity index (χ4v) is 5.99. The molecule has 1 heterocycles. The summed E-state index contributed by atoms with van der Waals surface area (Å²) in [6.07, 6.45) is -2.20. The van der Waals surface area contributed by atoms with Crippen LogP contribution < -0.4 is 0 Å². The van der Waals surface area contributed by atoms with Crippen LogP contribution in [0.15, 0.2) is 109 Å². The minimum Gasteiger partial charge on any atom is -0.444 e. The fourth-order valence-electron chi connectivity index (χ4n) is 5.99. The molecule has 3 atom stereocenters. The second-order valence-corrected chi connectivity index (χ2v) is 13.0. The second kappa shape index (κ2) is 14.9. The highest BCUT2D eigenvalue weighted by Crippen LogP contribution is 2.29. The monoisotopic (exact) mass is 641 g/mol. The van der Waals surface area contributed by atoms with Gasteiger partial charge in [-0.2, -0.15) is 0 Å². The van der Waals surface area contributed by atoms with Gasteiger partial charge in [0, 0.05) is 31.7 Å². The largest absolute Gasteiger partial charge is 0.444 e. The van der Waals surface area contributed by atoms with Crippen molar-refractivity contribution in [3.8, 4) is 0 Å². The maximum Gasteiger partial charge on any atom is 0.412 e. The molecule has 246 valence electrons. The van der Waals surface area contributed by atoms with Crippen LogP contribution in [0, 0.1) is 11.6 Å². The average molecular weight is 642 g/mol. The first-order valence-electron chi connectivity index (χ1n) is 15.7. The van der Waals surface area contributed by atoms with E-state index in [-0.39, 0.29) is 19.6 Å². The lowest BCUT2D eigenvalue weighted by Gasteiger charge is -2.39. The van der Waals surface area contributed by atoms with Gasteiger partial charge in [0.2, 0.25) is 5.91 Å². The van der Waals surface area contributed by atoms with Crippen LogP contribution in [0.3, 0.4) is 0 Å². The molecule has 1 aliphatic heterocycles. The van der Waals surface area contributed by atoms with E-state index in [2.05, 4.69) is 0 Å². The average Bonchev–Trinajstić information content (AvgIpc) is 3.35. The Morgan fingerprint density at radius 3 is 1.81 bits per heavy atom. The lowest BCUT2D eigenvalue weighted by Crippen LogP contribution is -2.56. The Labute approximate surface area is 275 Å². The molecule has 1 N–H and O–H groups in total. The number of aliphatic hydroxyl groups is 1. The van der Waals surface area contributed by atoms with E-state index in [1.54, 1.807) is 20.8 Å². The molecule has 7 nitrogen and oxygen atoms in total. The summed E-state index contributed by atoms with van der Waals surface area (Å²) < 4.78 is 34.7. The normalized spacial score (nSPS) is 16.4. The van der Waals surface area contributed by atoms with Crippen molar-refractivity contribution >= 4 is 12.0 Å². The van der Waals surface area contributed by atoms with Crippen LogP contribution in [0.2, 0.25) is 0 Å². The van der Waals surface area contributed by atoms with Gasteiger partial charge in [-0.05, 0) is 61.6 Å². The number of hydrogen-bond donors (Lipinski definition) is 1. The van der Waals surface area contributed by atoms with Crippen molar-refractivity contribution in [2.45, 2.75) is 70.6 Å². The molecular formula is C38H41F2N3O4. The van der Waals surface area contributed by atoms with Crippen LogP contribution in [0.1, 0.15) is 43.0 Å². The third-order valence-corrected chi connectivity index (χ3v) is 8.08. The Hall–Kier alpha value is -4.60. The van der Waals surface area contributed by atoms with Crippen molar-refractivity contribution < 1.29 is 28.2 Å². The highest BCUT2D eigenvalue weighted by molar-refractivity contribution is 5.89. The highest BCUT2D eigenvalue weighted by Gasteiger charge is 2.49. The van der Waals surface area contributed by atoms with Crippen LogP contribution >= 0.6 is 0 Å². The maximum absolute atomic E-state index is 14.5. The molecule has 4 aromatic rings. The summed E-state index contributed by atoms with van der Waals surface area (Å²) in [5.74, 6) is -1.93. The molecule has 0 bridgehead atoms. The van der Waals surface area contributed by atoms with Gasteiger partial charge >= 0.3 is 6.09 Å². The maximum atomic E-state index is 14.5. The van der Waals surface area contributed by atoms with E-state index in [0.717, 1.165) is 22.8 Å². The second-order valence-electron chi connectivity index (χ2n) is 13.0. The summed E-state index contributed by atoms with van der Waals surface area (Å²) in [7, 11) is 0. The minimum atomic E-state index is -1.46. The van der Waals surface area contributed by atoms with Crippen molar-refractivity contribution in [2.24, 2.45) is 0 Å². The first kappa shape index (κ1) is 33.8. The van der Waals surface area contributed by atoms with E-state index in [9.17, 15) is 23.5 Å². The number of ether oxygens (including phenoxy) is 1. The number of hydrogen-bond acceptors (Lipinski definition) is 5. The third kappa shape index (κ3) is 9.02. The summed E-state index contributed by atoms with van der Waals surface area (Å²) in [6.45, 7) is 6.05. The number of nitrogens with zero attached hydrogens (tertiary/aromatic N) is 3. The zero-order chi connectivity index (χ0) is 33.6. The zero-order valence-corrected chi connectivity index (χ0v) is 26.9. The van der Waals surface area contributed by atoms with Gasteiger partial charge in [0.05, 0.1) is 6.10 Å². The van der Waals surface area contributed by atoms with Gasteiger partial charge in [-0.3, -0.25) is 14.6 Å². The van der Waals surface area contributed by atoms with Gasteiger partial charge in [-0.25, -0.2) is 13.6 Å². The van der Waals surface area contributed by atoms with Gasteiger partial charge < -0.3 is 14.7 Å². The molecular weight excluding hydrogens is 600 g/mol. The van der Waals surface area contributed by atoms with Gasteiger partial charge in [0.25, 0.3) is 0 Å². The molecule has 1 fully saturated rings. The number of amides is 2. The number of carbonyl (C=O) groups is 2. The van der Waals surface area contributed by atoms with E-state index in [1.165, 1.54) is 21.9 Å². The summed E-state index contributed by atoms with van der Waals surface area (Å²) in [4.78, 5) is 32.6. The van der Waals surface area contributed by atoms with Gasteiger partial charge in [0.15, 0.2) is 0 Å². The van der Waals surface area contributed by atoms with Crippen LogP contribution in [-0.4, -0.2) is 62.3 Å². The van der Waals surface area contributed by atoms with Crippen molar-refractivity contribution in [1.29, 1.82) is 0 Å². The highest BCUT2D eigenvalue weighted by atomic mass is 19.1. The van der Waals surface area contributed by atoms with Gasteiger partial charge in [0.1, 0.15) is 29.9 Å². The van der Waals surface area contributed by atoms with E-state index in [1.807, 2.05) is 95.9 Å². The quantitative estimate of drug-likeness (QED) is 0.201. The van der Waals surface area contributed by atoms with Crippen LogP contribution in [0.25, 0.3) is 0 Å². The van der Waals surface area contributed by atoms with Crippen LogP contribution in [0.4, 0.5) is 13.6 Å². The Balaban J connectivity index is 1.57. The molecule has 1 aliphatic rings. The summed E-state index contributed by atoms with van der Waals surface area (Å²) >= 11 is 0. The number of halogens is 2. The van der Waals surface area contributed by atoms with Crippen molar-refractivity contribution in [3.63, 3.8) is 0 Å². The minimum absolute atomic E-state index is 0.000136. The summed E-state index contributed by atoms with van der Waals surface area (Å²) in [5, 5.41) is 12.4. The smallest absolute Gasteiger partial charge is 0.412 e. The molecule has 47 heavy (non-hydrogen) atoms. The Morgan fingerprint density at radius 1 is 0.830 bits per heavy atom. The molecule has 0 spiro atoms. The molecule has 4 aromatic carbocycles. The van der Waals surface area contributed by atoms with Crippen LogP contribution in [-0.2, 0) is 35.6 Å². The standard InChI is InChI=1S/C38H41F2N3O4/c1-38(2,3)47-37(46)43-26-42(25-29-17-11-6-12-18-29)36(45)34(43)35(44)33(21-30-19-31(39)22-32(40)20-30)41(23-27-13-7-4-8-14-27)24-28-15-9-5-10-16-28/h4-20,22,33-35,44H,21,23-26H2,1-3H3/t33-,34?,35-/m0/s1. The zero-order valence-electron chi connectivity index (χ0n) is 26.9. The Kier molecular flexibility index (Phi) is 10.7. The number of rotatable bonds is 11. The van der Waals surface area contributed by atoms with Gasteiger partial charge in [-0.1, -0.05) is 91.0 Å². The van der Waals surface area contributed by atoms with Crippen molar-refractivity contribution in [1.82, 2.24) is 14.7 Å². The first-order valence-corrected chi connectivity index (χ1v) is 15.7. The lowest BCUT2D eigenvalue weighted by molar-refractivity contribution is -0.133. The third-order valence-electron chi connectivity index (χ3n) is 8.08. The molecule has 1 unspecified atom stereocenters. The number of carbonyl (C=O) groups excluding carboxylic acids is 2. The van der Waals surface area contributed by atoms with E-state index < -0.39 is 47.4 Å². The Bertz CT molecular complexity index is 1570. The Morgan fingerprint density at radius 2 is 1.32 bits per heavy atom. The topological polar surface area (TPSA) is 73.3 Å². The summed E-state index contributed by atoms with van der Waals surface area (Å²) in [5.41, 5.74) is 2.21. The van der Waals surface area contributed by atoms with E-state index in [4.69, 9.17) is 4.74 Å². The molecule has 2 amide bonds. The molecule has 9 heteroatoms. The fraction of sp³-hybridized carbons (Fsp3) is 0.316. The number of aliphatic hydroxyl groups excluding tert-OH is 1.